The van der Waals surface area contributed by atoms with Gasteiger partial charge in [-0.05, 0) is 66.3 Å². The molecular weight excluding hydrogens is 416 g/mol. The molecule has 2 aromatic carbocycles. The molecule has 8 heteroatoms. The van der Waals surface area contributed by atoms with Gasteiger partial charge in [0.1, 0.15) is 11.3 Å². The second-order valence-corrected chi connectivity index (χ2v) is 9.15. The van der Waals surface area contributed by atoms with Crippen molar-refractivity contribution in [2.75, 3.05) is 30.7 Å². The number of nitrogens with zero attached hydrogens (tertiary/aromatic N) is 1. The molecule has 0 radical (unpaired) electrons. The lowest BCUT2D eigenvalue weighted by Crippen LogP contribution is -2.66. The summed E-state index contributed by atoms with van der Waals surface area (Å²) in [6, 6.07) is 12.9. The molecule has 1 unspecified atom stereocenters. The highest BCUT2D eigenvalue weighted by Gasteiger charge is 2.55. The average molecular weight is 441 g/mol. The number of β-lactam (4-membered cyclic amide) rings is 1. The summed E-state index contributed by atoms with van der Waals surface area (Å²) in [6.07, 6.45) is 1.66. The van der Waals surface area contributed by atoms with E-state index in [9.17, 15) is 9.59 Å². The molecule has 7 nitrogen and oxygen atoms in total. The first-order valence-electron chi connectivity index (χ1n) is 10.4. The van der Waals surface area contributed by atoms with Gasteiger partial charge in [0.2, 0.25) is 18.6 Å². The Balaban J connectivity index is 1.43. The number of carbonyl (C=O) groups excluding carboxylic acids is 2. The lowest BCUT2D eigenvalue weighted by atomic mass is 9.80. The van der Waals surface area contributed by atoms with E-state index in [4.69, 9.17) is 14.2 Å². The van der Waals surface area contributed by atoms with Crippen molar-refractivity contribution in [3.05, 3.63) is 48.0 Å². The molecule has 1 N–H and O–H groups in total. The standard InChI is InChI=1S/C23H24N2O5S/c1-28-17-5-3-16(4-6-17)24-22(27)23(8-10-31-11-9-23)25-18(13-21(25)26)15-2-7-19-20(12-15)30-14-29-19/h2-7,12,18H,8-11,13-14H2,1H3,(H,24,27). The van der Waals surface area contributed by atoms with E-state index >= 15 is 0 Å². The number of anilines is 1. The van der Waals surface area contributed by atoms with Gasteiger partial charge in [-0.15, -0.1) is 0 Å². The Morgan fingerprint density at radius 3 is 2.58 bits per heavy atom. The van der Waals surface area contributed by atoms with Crippen molar-refractivity contribution in [2.24, 2.45) is 0 Å². The molecule has 2 saturated heterocycles. The first-order chi connectivity index (χ1) is 15.1. The summed E-state index contributed by atoms with van der Waals surface area (Å²) >= 11 is 1.82. The number of carbonyl (C=O) groups is 2. The second kappa shape index (κ2) is 8.00. The number of benzene rings is 2. The van der Waals surface area contributed by atoms with Crippen molar-refractivity contribution < 1.29 is 23.8 Å². The number of fused-ring (bicyclic) bond motifs is 1. The van der Waals surface area contributed by atoms with Gasteiger partial charge in [0.25, 0.3) is 0 Å². The van der Waals surface area contributed by atoms with E-state index in [1.807, 2.05) is 59.1 Å². The molecule has 31 heavy (non-hydrogen) atoms. The molecule has 0 saturated carbocycles. The Morgan fingerprint density at radius 2 is 1.87 bits per heavy atom. The highest BCUT2D eigenvalue weighted by Crippen LogP contribution is 2.47. The molecule has 0 bridgehead atoms. The van der Waals surface area contributed by atoms with Gasteiger partial charge < -0.3 is 24.4 Å². The SMILES string of the molecule is COc1ccc(NC(=O)C2(N3C(=O)CC3c3ccc4c(c3)OCO4)CCSCC2)cc1. The van der Waals surface area contributed by atoms with Crippen LogP contribution in [-0.4, -0.2) is 47.7 Å². The summed E-state index contributed by atoms with van der Waals surface area (Å²) in [5.74, 6) is 3.69. The predicted octanol–water partition coefficient (Wildman–Crippen LogP) is 3.60. The van der Waals surface area contributed by atoms with Crippen LogP contribution in [0.15, 0.2) is 42.5 Å². The number of nitrogens with one attached hydrogen (secondary N) is 1. The Kier molecular flexibility index (Phi) is 5.17. The van der Waals surface area contributed by atoms with Crippen LogP contribution in [-0.2, 0) is 9.59 Å². The van der Waals surface area contributed by atoms with Crippen LogP contribution in [0.5, 0.6) is 17.2 Å². The van der Waals surface area contributed by atoms with E-state index in [2.05, 4.69) is 5.32 Å². The molecule has 0 aromatic heterocycles. The number of ether oxygens (including phenoxy) is 3. The van der Waals surface area contributed by atoms with E-state index in [0.717, 1.165) is 22.8 Å². The highest BCUT2D eigenvalue weighted by atomic mass is 32.2. The zero-order chi connectivity index (χ0) is 21.4. The third kappa shape index (κ3) is 3.48. The van der Waals surface area contributed by atoms with Gasteiger partial charge in [0.15, 0.2) is 11.5 Å². The van der Waals surface area contributed by atoms with E-state index in [-0.39, 0.29) is 24.6 Å². The normalized spacial score (nSPS) is 21.4. The summed E-state index contributed by atoms with van der Waals surface area (Å²) in [5.41, 5.74) is 0.802. The topological polar surface area (TPSA) is 77.1 Å². The van der Waals surface area contributed by atoms with Crippen LogP contribution < -0.4 is 19.5 Å². The zero-order valence-electron chi connectivity index (χ0n) is 17.3. The fourth-order valence-electron chi connectivity index (χ4n) is 4.55. The van der Waals surface area contributed by atoms with Crippen LogP contribution in [0, 0.1) is 0 Å². The molecule has 5 rings (SSSR count). The first kappa shape index (κ1) is 20.1. The second-order valence-electron chi connectivity index (χ2n) is 7.92. The lowest BCUT2D eigenvalue weighted by molar-refractivity contribution is -0.164. The molecule has 3 aliphatic rings. The fraction of sp³-hybridized carbons (Fsp3) is 0.391. The maximum Gasteiger partial charge on any atom is 0.250 e. The molecular formula is C23H24N2O5S. The third-order valence-electron chi connectivity index (χ3n) is 6.28. The number of hydrogen-bond donors (Lipinski definition) is 1. The molecule has 1 atom stereocenters. The molecule has 2 aromatic rings. The van der Waals surface area contributed by atoms with Crippen LogP contribution in [0.2, 0.25) is 0 Å². The summed E-state index contributed by atoms with van der Waals surface area (Å²) in [7, 11) is 1.61. The highest BCUT2D eigenvalue weighted by molar-refractivity contribution is 7.99. The van der Waals surface area contributed by atoms with Crippen LogP contribution >= 0.6 is 11.8 Å². The van der Waals surface area contributed by atoms with Gasteiger partial charge in [-0.3, -0.25) is 9.59 Å². The van der Waals surface area contributed by atoms with Gasteiger partial charge in [0, 0.05) is 5.69 Å². The molecule has 162 valence electrons. The Morgan fingerprint density at radius 1 is 1.13 bits per heavy atom. The van der Waals surface area contributed by atoms with Gasteiger partial charge >= 0.3 is 0 Å². The van der Waals surface area contributed by atoms with Crippen molar-refractivity contribution >= 4 is 29.3 Å². The summed E-state index contributed by atoms with van der Waals surface area (Å²) in [5, 5.41) is 3.04. The lowest BCUT2D eigenvalue weighted by Gasteiger charge is -2.53. The smallest absolute Gasteiger partial charge is 0.250 e. The predicted molar refractivity (Wildman–Crippen MR) is 118 cm³/mol. The van der Waals surface area contributed by atoms with Crippen LogP contribution in [0.4, 0.5) is 5.69 Å². The monoisotopic (exact) mass is 440 g/mol. The minimum Gasteiger partial charge on any atom is -0.497 e. The number of hydrogen-bond acceptors (Lipinski definition) is 6. The van der Waals surface area contributed by atoms with Crippen LogP contribution in [0.25, 0.3) is 0 Å². The summed E-state index contributed by atoms with van der Waals surface area (Å²) in [6.45, 7) is 0.206. The van der Waals surface area contributed by atoms with E-state index < -0.39 is 5.54 Å². The minimum absolute atomic E-state index is 0.0134. The quantitative estimate of drug-likeness (QED) is 0.716. The Bertz CT molecular complexity index is 1000. The maximum absolute atomic E-state index is 13.6. The Hall–Kier alpha value is -2.87. The maximum atomic E-state index is 13.6. The number of thioether (sulfide) groups is 1. The largest absolute Gasteiger partial charge is 0.497 e. The summed E-state index contributed by atoms with van der Waals surface area (Å²) < 4.78 is 16.1. The molecule has 2 fully saturated rings. The molecule has 3 aliphatic heterocycles. The van der Waals surface area contributed by atoms with Crippen LogP contribution in [0.1, 0.15) is 30.9 Å². The fourth-order valence-corrected chi connectivity index (χ4v) is 5.72. The van der Waals surface area contributed by atoms with Crippen LogP contribution in [0.3, 0.4) is 0 Å². The molecule has 0 aliphatic carbocycles. The van der Waals surface area contributed by atoms with E-state index in [0.29, 0.717) is 36.4 Å². The van der Waals surface area contributed by atoms with Gasteiger partial charge in [0.05, 0.1) is 19.6 Å². The summed E-state index contributed by atoms with van der Waals surface area (Å²) in [4.78, 5) is 28.3. The van der Waals surface area contributed by atoms with Crippen molar-refractivity contribution in [3.8, 4) is 17.2 Å². The van der Waals surface area contributed by atoms with Gasteiger partial charge in [-0.25, -0.2) is 0 Å². The van der Waals surface area contributed by atoms with Crippen molar-refractivity contribution in [3.63, 3.8) is 0 Å². The minimum atomic E-state index is -0.860. The van der Waals surface area contributed by atoms with Gasteiger partial charge in [-0.1, -0.05) is 6.07 Å². The molecule has 3 heterocycles. The number of likely N-dealkylation sites (tertiary alicyclic amines) is 1. The number of rotatable bonds is 5. The average Bonchev–Trinajstić information content (AvgIpc) is 3.26. The zero-order valence-corrected chi connectivity index (χ0v) is 18.1. The van der Waals surface area contributed by atoms with Crippen molar-refractivity contribution in [1.82, 2.24) is 4.90 Å². The van der Waals surface area contributed by atoms with E-state index in [1.54, 1.807) is 7.11 Å². The molecule has 0 spiro atoms. The molecule has 2 amide bonds. The van der Waals surface area contributed by atoms with Crippen molar-refractivity contribution in [2.45, 2.75) is 30.8 Å². The third-order valence-corrected chi connectivity index (χ3v) is 7.27. The van der Waals surface area contributed by atoms with Crippen molar-refractivity contribution in [1.29, 1.82) is 0 Å². The number of amides is 2. The van der Waals surface area contributed by atoms with E-state index in [1.165, 1.54) is 0 Å². The first-order valence-corrected chi connectivity index (χ1v) is 11.5. The Labute approximate surface area is 185 Å². The number of methoxy groups -OCH3 is 1. The van der Waals surface area contributed by atoms with Gasteiger partial charge in [-0.2, -0.15) is 11.8 Å².